The lowest BCUT2D eigenvalue weighted by atomic mass is 10.2. The smallest absolute Gasteiger partial charge is 0.0701 e. The molecule has 0 saturated carbocycles. The largest absolute Gasteiger partial charge is 0.256 e. The Morgan fingerprint density at radius 2 is 2.08 bits per heavy atom. The second-order valence-electron chi connectivity index (χ2n) is 3.08. The van der Waals surface area contributed by atoms with E-state index in [1.54, 1.807) is 0 Å². The van der Waals surface area contributed by atoms with Crippen molar-refractivity contribution in [1.82, 2.24) is 4.98 Å². The summed E-state index contributed by atoms with van der Waals surface area (Å²) in [6.45, 7) is 2.09. The molecule has 13 heavy (non-hydrogen) atoms. The Balaban J connectivity index is 2.75. The van der Waals surface area contributed by atoms with E-state index in [1.807, 2.05) is 24.4 Å². The molecule has 0 saturated heterocycles. The zero-order valence-electron chi connectivity index (χ0n) is 7.57. The van der Waals surface area contributed by atoms with Gasteiger partial charge in [-0.05, 0) is 19.1 Å². The van der Waals surface area contributed by atoms with Crippen LogP contribution in [-0.4, -0.2) is 4.98 Å². The highest BCUT2D eigenvalue weighted by Gasteiger charge is 1.86. The van der Waals surface area contributed by atoms with E-state index in [-0.39, 0.29) is 0 Å². The van der Waals surface area contributed by atoms with E-state index in [2.05, 4.69) is 36.2 Å². The van der Waals surface area contributed by atoms with Gasteiger partial charge < -0.3 is 0 Å². The third-order valence-corrected chi connectivity index (χ3v) is 2.01. The van der Waals surface area contributed by atoms with Gasteiger partial charge in [0.25, 0.3) is 0 Å². The van der Waals surface area contributed by atoms with Gasteiger partial charge in [-0.3, -0.25) is 4.98 Å². The normalized spacial score (nSPS) is 19.6. The number of allylic oxidation sites excluding steroid dienone is 4. The molecule has 1 aliphatic carbocycles. The molecule has 0 bridgehead atoms. The number of aromatic nitrogens is 1. The summed E-state index contributed by atoms with van der Waals surface area (Å²) >= 11 is 0. The van der Waals surface area contributed by atoms with Gasteiger partial charge >= 0.3 is 0 Å². The lowest BCUT2D eigenvalue weighted by Gasteiger charge is -1.92. The maximum absolute atomic E-state index is 4.28. The number of hydrogen-bond acceptors (Lipinski definition) is 1. The predicted octanol–water partition coefficient (Wildman–Crippen LogP) is 1.16. The summed E-state index contributed by atoms with van der Waals surface area (Å²) in [6.07, 6.45) is 12.2. The van der Waals surface area contributed by atoms with Gasteiger partial charge in [-0.1, -0.05) is 35.9 Å². The van der Waals surface area contributed by atoms with Gasteiger partial charge in [0, 0.05) is 11.4 Å². The first-order chi connectivity index (χ1) is 6.36. The van der Waals surface area contributed by atoms with Crippen LogP contribution in [0.15, 0.2) is 42.1 Å². The molecular formula is C12H11N. The molecule has 0 N–H and O–H groups in total. The minimum absolute atomic E-state index is 1.03. The zero-order chi connectivity index (χ0) is 9.10. The van der Waals surface area contributed by atoms with Gasteiger partial charge in [-0.25, -0.2) is 0 Å². The number of rotatable bonds is 0. The second kappa shape index (κ2) is 3.40. The molecule has 0 unspecified atom stereocenters. The molecule has 0 amide bonds. The average Bonchev–Trinajstić information content (AvgIpc) is 2.13. The van der Waals surface area contributed by atoms with Gasteiger partial charge in [0.15, 0.2) is 0 Å². The quantitative estimate of drug-likeness (QED) is 0.568. The van der Waals surface area contributed by atoms with Crippen molar-refractivity contribution in [3.8, 4) is 0 Å². The van der Waals surface area contributed by atoms with Crippen LogP contribution in [0.3, 0.4) is 0 Å². The van der Waals surface area contributed by atoms with Crippen molar-refractivity contribution in [2.45, 2.75) is 6.92 Å². The first kappa shape index (κ1) is 7.99. The average molecular weight is 169 g/mol. The van der Waals surface area contributed by atoms with Gasteiger partial charge in [-0.15, -0.1) is 0 Å². The minimum atomic E-state index is 1.03. The summed E-state index contributed by atoms with van der Waals surface area (Å²) in [5.41, 5.74) is 1.26. The van der Waals surface area contributed by atoms with E-state index in [9.17, 15) is 0 Å². The van der Waals surface area contributed by atoms with Gasteiger partial charge in [0.1, 0.15) is 0 Å². The molecule has 1 aliphatic rings. The fourth-order valence-corrected chi connectivity index (χ4v) is 1.28. The van der Waals surface area contributed by atoms with E-state index in [1.165, 1.54) is 10.8 Å². The lowest BCUT2D eigenvalue weighted by Crippen LogP contribution is -2.26. The molecule has 0 fully saturated rings. The van der Waals surface area contributed by atoms with E-state index in [4.69, 9.17) is 0 Å². The van der Waals surface area contributed by atoms with Gasteiger partial charge in [0.05, 0.1) is 5.35 Å². The Labute approximate surface area is 77.4 Å². The highest BCUT2D eigenvalue weighted by molar-refractivity contribution is 5.48. The second-order valence-corrected chi connectivity index (χ2v) is 3.08. The van der Waals surface area contributed by atoms with Crippen molar-refractivity contribution in [2.24, 2.45) is 0 Å². The minimum Gasteiger partial charge on any atom is -0.256 e. The van der Waals surface area contributed by atoms with Crippen LogP contribution >= 0.6 is 0 Å². The van der Waals surface area contributed by atoms with Crippen LogP contribution in [0.25, 0.3) is 12.2 Å². The SMILES string of the molecule is CC1=C/C=c2\cccn\c2=C\C=C1. The van der Waals surface area contributed by atoms with Crippen molar-refractivity contribution in [2.75, 3.05) is 0 Å². The summed E-state index contributed by atoms with van der Waals surface area (Å²) in [4.78, 5) is 4.28. The van der Waals surface area contributed by atoms with E-state index >= 15 is 0 Å². The molecule has 1 aromatic rings. The molecule has 0 aliphatic heterocycles. The summed E-state index contributed by atoms with van der Waals surface area (Å²) in [5.74, 6) is 0. The molecule has 1 heterocycles. The molecule has 0 atom stereocenters. The van der Waals surface area contributed by atoms with E-state index < -0.39 is 0 Å². The summed E-state index contributed by atoms with van der Waals surface area (Å²) in [7, 11) is 0. The topological polar surface area (TPSA) is 12.9 Å². The Bertz CT molecular complexity index is 478. The Kier molecular flexibility index (Phi) is 2.09. The third kappa shape index (κ3) is 1.75. The highest BCUT2D eigenvalue weighted by Crippen LogP contribution is 1.95. The van der Waals surface area contributed by atoms with Crippen molar-refractivity contribution in [1.29, 1.82) is 0 Å². The number of hydrogen-bond donors (Lipinski definition) is 0. The van der Waals surface area contributed by atoms with Crippen LogP contribution in [0.2, 0.25) is 0 Å². The van der Waals surface area contributed by atoms with Crippen LogP contribution in [0.1, 0.15) is 6.92 Å². The van der Waals surface area contributed by atoms with Gasteiger partial charge in [-0.2, -0.15) is 0 Å². The van der Waals surface area contributed by atoms with Crippen molar-refractivity contribution < 1.29 is 0 Å². The highest BCUT2D eigenvalue weighted by atomic mass is 14.6. The third-order valence-electron chi connectivity index (χ3n) is 2.01. The van der Waals surface area contributed by atoms with Crippen molar-refractivity contribution in [3.05, 3.63) is 52.7 Å². The molecule has 1 aromatic heterocycles. The predicted molar refractivity (Wildman–Crippen MR) is 55.3 cm³/mol. The molecule has 0 radical (unpaired) electrons. The van der Waals surface area contributed by atoms with Crippen LogP contribution in [0, 0.1) is 0 Å². The van der Waals surface area contributed by atoms with Crippen LogP contribution in [0.4, 0.5) is 0 Å². The lowest BCUT2D eigenvalue weighted by molar-refractivity contribution is 1.22. The van der Waals surface area contributed by atoms with E-state index in [0.717, 1.165) is 5.35 Å². The van der Waals surface area contributed by atoms with Crippen molar-refractivity contribution in [3.63, 3.8) is 0 Å². The van der Waals surface area contributed by atoms with Gasteiger partial charge in [0.2, 0.25) is 0 Å². The fraction of sp³-hybridized carbons (Fsp3) is 0.0833. The van der Waals surface area contributed by atoms with Crippen molar-refractivity contribution >= 4 is 12.2 Å². The molecule has 1 heteroatoms. The number of fused-ring (bicyclic) bond motifs is 1. The monoisotopic (exact) mass is 169 g/mol. The first-order valence-corrected chi connectivity index (χ1v) is 4.34. The maximum atomic E-state index is 4.28. The first-order valence-electron chi connectivity index (χ1n) is 4.34. The summed E-state index contributed by atoms with van der Waals surface area (Å²) < 4.78 is 0. The molecular weight excluding hydrogens is 158 g/mol. The zero-order valence-corrected chi connectivity index (χ0v) is 7.57. The molecule has 1 nitrogen and oxygen atoms in total. The molecule has 64 valence electrons. The Morgan fingerprint density at radius 3 is 3.00 bits per heavy atom. The Hall–Kier alpha value is -1.63. The number of nitrogens with zero attached hydrogens (tertiary/aromatic N) is 1. The van der Waals surface area contributed by atoms with E-state index in [0.29, 0.717) is 0 Å². The maximum Gasteiger partial charge on any atom is 0.0701 e. The fourth-order valence-electron chi connectivity index (χ4n) is 1.28. The standard InChI is InChI=1S/C12H11N/c1-10-4-2-6-12-11(8-7-10)5-3-9-13-12/h2-9H,1H3/b4-2?,6-2?,8-7?,10-4?,10-7?,11-8+,12-6+. The van der Waals surface area contributed by atoms with Crippen LogP contribution < -0.4 is 10.6 Å². The van der Waals surface area contributed by atoms with Crippen LogP contribution in [-0.2, 0) is 0 Å². The summed E-state index contributed by atoms with van der Waals surface area (Å²) in [5, 5.41) is 2.20. The molecule has 0 spiro atoms. The summed E-state index contributed by atoms with van der Waals surface area (Å²) in [6, 6.07) is 4.03. The Morgan fingerprint density at radius 1 is 1.15 bits per heavy atom. The molecule has 0 aromatic carbocycles. The van der Waals surface area contributed by atoms with Crippen LogP contribution in [0.5, 0.6) is 0 Å². The number of pyridine rings is 1. The molecule has 2 rings (SSSR count).